The summed E-state index contributed by atoms with van der Waals surface area (Å²) in [6, 6.07) is 9.95. The number of rotatable bonds is 5. The predicted molar refractivity (Wildman–Crippen MR) is 78.8 cm³/mol. The summed E-state index contributed by atoms with van der Waals surface area (Å²) in [7, 11) is 0. The summed E-state index contributed by atoms with van der Waals surface area (Å²) in [5.74, 6) is 5.71. The summed E-state index contributed by atoms with van der Waals surface area (Å²) in [4.78, 5) is 4.16. The molecule has 0 spiro atoms. The minimum absolute atomic E-state index is 0.0661. The van der Waals surface area contributed by atoms with E-state index in [-0.39, 0.29) is 6.04 Å². The minimum Gasteiger partial charge on any atom is -0.271 e. The van der Waals surface area contributed by atoms with Crippen molar-refractivity contribution in [2.24, 2.45) is 5.84 Å². The number of nitrogens with zero attached hydrogens (tertiary/aromatic N) is 1. The molecule has 4 heteroatoms. The zero-order valence-electron chi connectivity index (χ0n) is 10.9. The van der Waals surface area contributed by atoms with Crippen LogP contribution in [0.3, 0.4) is 0 Å². The molecule has 0 radical (unpaired) electrons. The molecule has 1 aromatic carbocycles. The van der Waals surface area contributed by atoms with Crippen LogP contribution in [0, 0.1) is 0 Å². The Morgan fingerprint density at radius 1 is 1.37 bits per heavy atom. The molecule has 0 aliphatic carbocycles. The maximum Gasteiger partial charge on any atom is 0.0504 e. The molecule has 3 nitrogen and oxygen atoms in total. The van der Waals surface area contributed by atoms with Crippen molar-refractivity contribution in [3.63, 3.8) is 0 Å². The fourth-order valence-electron chi connectivity index (χ4n) is 2.23. The van der Waals surface area contributed by atoms with Crippen LogP contribution in [0.15, 0.2) is 42.7 Å². The van der Waals surface area contributed by atoms with E-state index in [1.165, 1.54) is 11.1 Å². The highest BCUT2D eigenvalue weighted by Gasteiger charge is 2.14. The molecule has 0 saturated heterocycles. The van der Waals surface area contributed by atoms with Gasteiger partial charge < -0.3 is 0 Å². The van der Waals surface area contributed by atoms with Gasteiger partial charge in [-0.25, -0.2) is 0 Å². The van der Waals surface area contributed by atoms with E-state index in [0.717, 1.165) is 23.4 Å². The topological polar surface area (TPSA) is 50.9 Å². The van der Waals surface area contributed by atoms with Crippen molar-refractivity contribution in [1.82, 2.24) is 10.4 Å². The molecule has 0 aliphatic rings. The number of hydrazine groups is 1. The van der Waals surface area contributed by atoms with E-state index in [1.807, 2.05) is 30.5 Å². The Balaban J connectivity index is 2.25. The third-order valence-corrected chi connectivity index (χ3v) is 3.46. The zero-order valence-corrected chi connectivity index (χ0v) is 11.7. The van der Waals surface area contributed by atoms with E-state index in [1.54, 1.807) is 6.20 Å². The normalized spacial score (nSPS) is 12.4. The first-order valence-electron chi connectivity index (χ1n) is 6.38. The molecule has 0 saturated carbocycles. The largest absolute Gasteiger partial charge is 0.271 e. The van der Waals surface area contributed by atoms with Crippen LogP contribution in [0.5, 0.6) is 0 Å². The number of hydrogen-bond acceptors (Lipinski definition) is 3. The minimum atomic E-state index is 0.0661. The first-order valence-corrected chi connectivity index (χ1v) is 6.75. The summed E-state index contributed by atoms with van der Waals surface area (Å²) in [5, 5.41) is 0.749. The Morgan fingerprint density at radius 3 is 2.89 bits per heavy atom. The van der Waals surface area contributed by atoms with Gasteiger partial charge in [0.15, 0.2) is 0 Å². The Labute approximate surface area is 118 Å². The van der Waals surface area contributed by atoms with Gasteiger partial charge in [-0.05, 0) is 47.7 Å². The summed E-state index contributed by atoms with van der Waals surface area (Å²) < 4.78 is 0. The third kappa shape index (κ3) is 3.53. The van der Waals surface area contributed by atoms with Gasteiger partial charge in [-0.2, -0.15) is 0 Å². The lowest BCUT2D eigenvalue weighted by Crippen LogP contribution is -2.30. The van der Waals surface area contributed by atoms with Crippen LogP contribution in [-0.2, 0) is 12.8 Å². The Kier molecular flexibility index (Phi) is 4.91. The second-order valence-corrected chi connectivity index (χ2v) is 4.92. The van der Waals surface area contributed by atoms with Crippen LogP contribution in [0.4, 0.5) is 0 Å². The number of nitrogens with two attached hydrogens (primary N) is 1. The number of nitrogens with one attached hydrogen (secondary N) is 1. The predicted octanol–water partition coefficient (Wildman–Crippen LogP) is 3.04. The van der Waals surface area contributed by atoms with Crippen molar-refractivity contribution in [1.29, 1.82) is 0 Å². The van der Waals surface area contributed by atoms with Gasteiger partial charge >= 0.3 is 0 Å². The molecule has 0 fully saturated rings. The van der Waals surface area contributed by atoms with E-state index in [9.17, 15) is 0 Å². The molecular formula is C15H18ClN3. The lowest BCUT2D eigenvalue weighted by atomic mass is 9.95. The van der Waals surface area contributed by atoms with Crippen LogP contribution in [-0.4, -0.2) is 4.98 Å². The molecule has 1 unspecified atom stereocenters. The van der Waals surface area contributed by atoms with Gasteiger partial charge in [0.05, 0.1) is 6.04 Å². The van der Waals surface area contributed by atoms with Gasteiger partial charge in [0.1, 0.15) is 0 Å². The van der Waals surface area contributed by atoms with Gasteiger partial charge in [-0.1, -0.05) is 30.7 Å². The fourth-order valence-corrected chi connectivity index (χ4v) is 2.44. The summed E-state index contributed by atoms with van der Waals surface area (Å²) in [6.45, 7) is 2.12. The van der Waals surface area contributed by atoms with Crippen molar-refractivity contribution in [2.75, 3.05) is 0 Å². The number of benzene rings is 1. The van der Waals surface area contributed by atoms with Gasteiger partial charge in [0.25, 0.3) is 0 Å². The quantitative estimate of drug-likeness (QED) is 0.651. The summed E-state index contributed by atoms with van der Waals surface area (Å²) in [6.07, 6.45) is 5.44. The maximum absolute atomic E-state index is 6.01. The number of hydrogen-bond donors (Lipinski definition) is 2. The van der Waals surface area contributed by atoms with Crippen molar-refractivity contribution in [3.05, 3.63) is 64.4 Å². The molecule has 0 aliphatic heterocycles. The highest BCUT2D eigenvalue weighted by molar-refractivity contribution is 6.30. The first-order chi connectivity index (χ1) is 9.24. The SMILES string of the molecule is CCc1cnccc1C(Cc1cccc(Cl)c1)NN. The highest BCUT2D eigenvalue weighted by Crippen LogP contribution is 2.22. The van der Waals surface area contributed by atoms with Crippen LogP contribution >= 0.6 is 11.6 Å². The molecule has 19 heavy (non-hydrogen) atoms. The van der Waals surface area contributed by atoms with Crippen LogP contribution < -0.4 is 11.3 Å². The van der Waals surface area contributed by atoms with Crippen molar-refractivity contribution in [3.8, 4) is 0 Å². The number of halogens is 1. The van der Waals surface area contributed by atoms with E-state index in [0.29, 0.717) is 0 Å². The number of aryl methyl sites for hydroxylation is 1. The second-order valence-electron chi connectivity index (χ2n) is 4.48. The van der Waals surface area contributed by atoms with Gasteiger partial charge in [-0.3, -0.25) is 16.3 Å². The summed E-state index contributed by atoms with van der Waals surface area (Å²) >= 11 is 6.01. The number of aromatic nitrogens is 1. The summed E-state index contributed by atoms with van der Waals surface area (Å²) in [5.41, 5.74) is 6.46. The van der Waals surface area contributed by atoms with Crippen molar-refractivity contribution < 1.29 is 0 Å². The van der Waals surface area contributed by atoms with Crippen LogP contribution in [0.25, 0.3) is 0 Å². The Bertz CT molecular complexity index is 542. The highest BCUT2D eigenvalue weighted by atomic mass is 35.5. The monoisotopic (exact) mass is 275 g/mol. The Hall–Kier alpha value is -1.42. The van der Waals surface area contributed by atoms with Gasteiger partial charge in [0.2, 0.25) is 0 Å². The zero-order chi connectivity index (χ0) is 13.7. The van der Waals surface area contributed by atoms with E-state index < -0.39 is 0 Å². The van der Waals surface area contributed by atoms with Crippen LogP contribution in [0.1, 0.15) is 29.7 Å². The second kappa shape index (κ2) is 6.66. The van der Waals surface area contributed by atoms with E-state index >= 15 is 0 Å². The molecule has 1 aromatic heterocycles. The average Bonchev–Trinajstić information content (AvgIpc) is 2.45. The standard InChI is InChI=1S/C15H18ClN3/c1-2-12-10-18-7-6-14(12)15(19-17)9-11-4-3-5-13(16)8-11/h3-8,10,15,19H,2,9,17H2,1H3. The Morgan fingerprint density at radius 2 is 2.21 bits per heavy atom. The maximum atomic E-state index is 6.01. The molecule has 1 atom stereocenters. The molecule has 100 valence electrons. The fraction of sp³-hybridized carbons (Fsp3) is 0.267. The lowest BCUT2D eigenvalue weighted by molar-refractivity contribution is 0.547. The van der Waals surface area contributed by atoms with E-state index in [2.05, 4.69) is 23.4 Å². The molecular weight excluding hydrogens is 258 g/mol. The average molecular weight is 276 g/mol. The molecule has 1 heterocycles. The van der Waals surface area contributed by atoms with Crippen molar-refractivity contribution >= 4 is 11.6 Å². The van der Waals surface area contributed by atoms with E-state index in [4.69, 9.17) is 17.4 Å². The van der Waals surface area contributed by atoms with Gasteiger partial charge in [0, 0.05) is 17.4 Å². The van der Waals surface area contributed by atoms with Gasteiger partial charge in [-0.15, -0.1) is 0 Å². The molecule has 2 rings (SSSR count). The number of pyridine rings is 1. The molecule has 0 amide bonds. The van der Waals surface area contributed by atoms with Crippen LogP contribution in [0.2, 0.25) is 5.02 Å². The molecule has 0 bridgehead atoms. The smallest absolute Gasteiger partial charge is 0.0504 e. The molecule has 3 N–H and O–H groups in total. The molecule has 2 aromatic rings. The third-order valence-electron chi connectivity index (χ3n) is 3.23. The first kappa shape index (κ1) is 14.0. The van der Waals surface area contributed by atoms with Crippen molar-refractivity contribution in [2.45, 2.75) is 25.8 Å². The lowest BCUT2D eigenvalue weighted by Gasteiger charge is -2.19.